The van der Waals surface area contributed by atoms with Gasteiger partial charge >= 0.3 is 0 Å². The molecule has 0 radical (unpaired) electrons. The fourth-order valence-electron chi connectivity index (χ4n) is 5.33. The van der Waals surface area contributed by atoms with Crippen LogP contribution in [0, 0.1) is 6.92 Å². The predicted molar refractivity (Wildman–Crippen MR) is 198 cm³/mol. The van der Waals surface area contributed by atoms with Gasteiger partial charge in [-0.25, -0.2) is 0 Å². The molecule has 7 rings (SSSR count). The predicted octanol–water partition coefficient (Wildman–Crippen LogP) is 12.7. The van der Waals surface area contributed by atoms with E-state index in [2.05, 4.69) is 189 Å². The minimum atomic E-state index is -0.200. The van der Waals surface area contributed by atoms with E-state index < -0.39 is 0 Å². The molecule has 7 aromatic rings. The van der Waals surface area contributed by atoms with Crippen molar-refractivity contribution in [2.24, 2.45) is 0 Å². The number of benzene rings is 7. The monoisotopic (exact) mass is 645 g/mol. The van der Waals surface area contributed by atoms with E-state index in [1.807, 2.05) is 23.5 Å². The van der Waals surface area contributed by atoms with E-state index in [1.165, 1.54) is 62.1 Å². The minimum absolute atomic E-state index is 0.200. The lowest BCUT2D eigenvalue weighted by molar-refractivity contribution is 1.26. The lowest BCUT2D eigenvalue weighted by Crippen LogP contribution is -2.04. The van der Waals surface area contributed by atoms with Crippen LogP contribution in [-0.2, 0) is 10.9 Å². The van der Waals surface area contributed by atoms with E-state index in [9.17, 15) is 0 Å². The summed E-state index contributed by atoms with van der Waals surface area (Å²) in [5.74, 6) is 0. The Bertz CT molecular complexity index is 1850. The van der Waals surface area contributed by atoms with Gasteiger partial charge in [0.1, 0.15) is 0 Å². The Labute approximate surface area is 283 Å². The van der Waals surface area contributed by atoms with Crippen LogP contribution in [0.3, 0.4) is 0 Å². The Morgan fingerprint density at radius 1 is 0.304 bits per heavy atom. The smallest absolute Gasteiger partial charge is 0.0901 e. The minimum Gasteiger partial charge on any atom is -0.0901 e. The second kappa shape index (κ2) is 14.3. The molecular formula is C43H33S3+. The molecule has 0 fully saturated rings. The topological polar surface area (TPSA) is 0 Å². The molecule has 0 atom stereocenters. The third-order valence-corrected chi connectivity index (χ3v) is 12.0. The fourth-order valence-corrected chi connectivity index (χ4v) is 9.01. The first-order valence-electron chi connectivity index (χ1n) is 15.4. The molecule has 0 saturated carbocycles. The van der Waals surface area contributed by atoms with E-state index >= 15 is 0 Å². The van der Waals surface area contributed by atoms with Crippen molar-refractivity contribution in [1.29, 1.82) is 0 Å². The molecule has 0 nitrogen and oxygen atoms in total. The first-order valence-corrected chi connectivity index (χ1v) is 18.2. The van der Waals surface area contributed by atoms with Crippen LogP contribution in [0.15, 0.2) is 216 Å². The quantitative estimate of drug-likeness (QED) is 0.143. The van der Waals surface area contributed by atoms with Gasteiger partial charge in [0.2, 0.25) is 0 Å². The van der Waals surface area contributed by atoms with Crippen molar-refractivity contribution < 1.29 is 0 Å². The summed E-state index contributed by atoms with van der Waals surface area (Å²) in [6, 6.07) is 66.1. The van der Waals surface area contributed by atoms with Gasteiger partial charge in [-0.15, -0.1) is 0 Å². The average molecular weight is 646 g/mol. The number of hydrogen-bond donors (Lipinski definition) is 0. The summed E-state index contributed by atoms with van der Waals surface area (Å²) >= 11 is 3.62. The van der Waals surface area contributed by atoms with Gasteiger partial charge in [0.15, 0.2) is 14.7 Å². The average Bonchev–Trinajstić information content (AvgIpc) is 3.12. The second-order valence-electron chi connectivity index (χ2n) is 11.0. The summed E-state index contributed by atoms with van der Waals surface area (Å²) < 4.78 is 0. The zero-order valence-corrected chi connectivity index (χ0v) is 28.0. The summed E-state index contributed by atoms with van der Waals surface area (Å²) in [6.07, 6.45) is 0. The maximum absolute atomic E-state index is 2.31. The fraction of sp³-hybridized carbons (Fsp3) is 0.0233. The molecule has 0 N–H and O–H groups in total. The second-order valence-corrected chi connectivity index (χ2v) is 15.4. The third kappa shape index (κ3) is 7.35. The van der Waals surface area contributed by atoms with Gasteiger partial charge in [-0.3, -0.25) is 0 Å². The van der Waals surface area contributed by atoms with Crippen molar-refractivity contribution in [1.82, 2.24) is 0 Å². The van der Waals surface area contributed by atoms with Crippen LogP contribution in [0.25, 0.3) is 22.3 Å². The molecule has 0 spiro atoms. The Morgan fingerprint density at radius 3 is 0.935 bits per heavy atom. The molecule has 0 bridgehead atoms. The van der Waals surface area contributed by atoms with Crippen molar-refractivity contribution >= 4 is 34.4 Å². The van der Waals surface area contributed by atoms with Crippen LogP contribution >= 0.6 is 23.5 Å². The maximum Gasteiger partial charge on any atom is 0.166 e. The summed E-state index contributed by atoms with van der Waals surface area (Å²) in [7, 11) is -0.200. The van der Waals surface area contributed by atoms with Crippen LogP contribution in [0.2, 0.25) is 0 Å². The summed E-state index contributed by atoms with van der Waals surface area (Å²) in [6.45, 7) is 2.15. The molecule has 0 unspecified atom stereocenters. The summed E-state index contributed by atoms with van der Waals surface area (Å²) in [5.41, 5.74) is 6.26. The van der Waals surface area contributed by atoms with Crippen molar-refractivity contribution in [3.8, 4) is 22.3 Å². The van der Waals surface area contributed by atoms with Crippen molar-refractivity contribution in [3.63, 3.8) is 0 Å². The lowest BCUT2D eigenvalue weighted by atomic mass is 10.1. The van der Waals surface area contributed by atoms with E-state index in [1.54, 1.807) is 0 Å². The normalized spacial score (nSPS) is 11.1. The number of rotatable bonds is 9. The zero-order valence-electron chi connectivity index (χ0n) is 25.5. The van der Waals surface area contributed by atoms with E-state index in [4.69, 9.17) is 0 Å². The molecule has 3 heteroatoms. The highest BCUT2D eigenvalue weighted by atomic mass is 32.2. The van der Waals surface area contributed by atoms with Crippen molar-refractivity contribution in [3.05, 3.63) is 188 Å². The molecule has 7 aromatic carbocycles. The zero-order chi connectivity index (χ0) is 31.1. The SMILES string of the molecule is Cc1ccc([S+](c2ccc(Sc3ccc(-c4ccccc4)cc3)cc2)c2ccc(Sc3ccc(-c4ccccc4)cc3)cc2)cc1. The van der Waals surface area contributed by atoms with Gasteiger partial charge in [0.05, 0.1) is 10.9 Å². The summed E-state index contributed by atoms with van der Waals surface area (Å²) in [5, 5.41) is 0. The van der Waals surface area contributed by atoms with Crippen LogP contribution < -0.4 is 0 Å². The molecule has 0 heterocycles. The van der Waals surface area contributed by atoms with Crippen LogP contribution in [0.1, 0.15) is 5.56 Å². The largest absolute Gasteiger partial charge is 0.166 e. The number of hydrogen-bond acceptors (Lipinski definition) is 2. The third-order valence-electron chi connectivity index (χ3n) is 7.77. The molecule has 0 amide bonds. The highest BCUT2D eigenvalue weighted by molar-refractivity contribution is 7.99. The van der Waals surface area contributed by atoms with Gasteiger partial charge in [0.25, 0.3) is 0 Å². The Hall–Kier alpha value is -4.41. The number of aryl methyl sites for hydroxylation is 1. The van der Waals surface area contributed by atoms with Gasteiger partial charge < -0.3 is 0 Å². The van der Waals surface area contributed by atoms with E-state index in [0.29, 0.717) is 0 Å². The molecule has 222 valence electrons. The highest BCUT2D eigenvalue weighted by Crippen LogP contribution is 2.37. The molecule has 0 aliphatic rings. The Balaban J connectivity index is 1.08. The molecule has 0 saturated heterocycles. The van der Waals surface area contributed by atoms with Gasteiger partial charge in [-0.2, -0.15) is 0 Å². The Morgan fingerprint density at radius 2 is 0.587 bits per heavy atom. The van der Waals surface area contributed by atoms with Crippen molar-refractivity contribution in [2.75, 3.05) is 0 Å². The molecule has 0 aromatic heterocycles. The first kappa shape index (κ1) is 30.3. The standard InChI is InChI=1S/C43H33S3/c1-32-12-26-41(27-13-32)46(42-28-22-39(23-29-42)44-37-18-14-35(15-19-37)33-8-4-2-5-9-33)43-30-24-40(25-31-43)45-38-20-16-36(17-21-38)34-10-6-3-7-11-34/h2-31H,1H3/q+1. The van der Waals surface area contributed by atoms with Crippen LogP contribution in [-0.4, -0.2) is 0 Å². The molecule has 0 aliphatic heterocycles. The molecule has 0 aliphatic carbocycles. The molecule has 46 heavy (non-hydrogen) atoms. The van der Waals surface area contributed by atoms with Crippen LogP contribution in [0.5, 0.6) is 0 Å². The summed E-state index contributed by atoms with van der Waals surface area (Å²) in [4.78, 5) is 8.95. The lowest BCUT2D eigenvalue weighted by Gasteiger charge is -2.10. The van der Waals surface area contributed by atoms with E-state index in [-0.39, 0.29) is 10.9 Å². The molecular weight excluding hydrogens is 613 g/mol. The van der Waals surface area contributed by atoms with Crippen LogP contribution in [0.4, 0.5) is 0 Å². The van der Waals surface area contributed by atoms with Gasteiger partial charge in [-0.05, 0) is 114 Å². The van der Waals surface area contributed by atoms with Gasteiger partial charge in [-0.1, -0.05) is 126 Å². The van der Waals surface area contributed by atoms with Gasteiger partial charge in [0, 0.05) is 19.6 Å². The maximum atomic E-state index is 2.31. The highest BCUT2D eigenvalue weighted by Gasteiger charge is 2.28. The van der Waals surface area contributed by atoms with E-state index in [0.717, 1.165) is 0 Å². The first-order chi connectivity index (χ1) is 22.7. The Kier molecular flexibility index (Phi) is 9.44. The van der Waals surface area contributed by atoms with Crippen molar-refractivity contribution in [2.45, 2.75) is 41.2 Å².